The Balaban J connectivity index is 1.84. The summed E-state index contributed by atoms with van der Waals surface area (Å²) < 4.78 is 0. The maximum absolute atomic E-state index is 10.7. The van der Waals surface area contributed by atoms with Gasteiger partial charge in [-0.3, -0.25) is 9.69 Å². The molecule has 3 nitrogen and oxygen atoms in total. The van der Waals surface area contributed by atoms with Crippen LogP contribution in [0.4, 0.5) is 0 Å². The third-order valence-electron chi connectivity index (χ3n) is 3.77. The van der Waals surface area contributed by atoms with Gasteiger partial charge in [-0.05, 0) is 31.7 Å². The standard InChI is InChI=1S/C11H20N2O/c12-11(14)6-8-13-7-5-9-3-1-2-4-10(9)13/h9-10H,1-8H2,(H2,12,14)/t9-,10-/m0/s1. The average molecular weight is 196 g/mol. The summed E-state index contributed by atoms with van der Waals surface area (Å²) in [5, 5.41) is 0. The predicted octanol–water partition coefficient (Wildman–Crippen LogP) is 1.13. The summed E-state index contributed by atoms with van der Waals surface area (Å²) >= 11 is 0. The normalized spacial score (nSPS) is 32.9. The fourth-order valence-corrected chi connectivity index (χ4v) is 3.03. The molecule has 0 radical (unpaired) electrons. The zero-order valence-electron chi connectivity index (χ0n) is 8.74. The Morgan fingerprint density at radius 3 is 2.86 bits per heavy atom. The van der Waals surface area contributed by atoms with E-state index < -0.39 is 0 Å². The number of nitrogens with two attached hydrogens (primary N) is 1. The molecule has 0 aromatic heterocycles. The zero-order chi connectivity index (χ0) is 9.97. The lowest BCUT2D eigenvalue weighted by atomic mass is 9.85. The molecule has 14 heavy (non-hydrogen) atoms. The molecular weight excluding hydrogens is 176 g/mol. The van der Waals surface area contributed by atoms with Gasteiger partial charge < -0.3 is 5.73 Å². The van der Waals surface area contributed by atoms with Gasteiger partial charge in [-0.15, -0.1) is 0 Å². The molecule has 0 spiro atoms. The van der Waals surface area contributed by atoms with Crippen LogP contribution in [0.25, 0.3) is 0 Å². The van der Waals surface area contributed by atoms with Crippen LogP contribution in [0, 0.1) is 5.92 Å². The summed E-state index contributed by atoms with van der Waals surface area (Å²) in [6.07, 6.45) is 7.38. The lowest BCUT2D eigenvalue weighted by Gasteiger charge is -2.31. The van der Waals surface area contributed by atoms with Gasteiger partial charge >= 0.3 is 0 Å². The van der Waals surface area contributed by atoms with Gasteiger partial charge in [0.05, 0.1) is 0 Å². The lowest BCUT2D eigenvalue weighted by molar-refractivity contribution is -0.118. The number of carbonyl (C=O) groups excluding carboxylic acids is 1. The number of primary amides is 1. The van der Waals surface area contributed by atoms with Gasteiger partial charge in [0.15, 0.2) is 0 Å². The van der Waals surface area contributed by atoms with Crippen molar-refractivity contribution in [2.75, 3.05) is 13.1 Å². The molecule has 1 aliphatic heterocycles. The highest BCUT2D eigenvalue weighted by Gasteiger charge is 2.35. The Labute approximate surface area is 85.6 Å². The van der Waals surface area contributed by atoms with E-state index in [2.05, 4.69) is 4.90 Å². The number of rotatable bonds is 3. The molecule has 80 valence electrons. The number of carbonyl (C=O) groups is 1. The molecule has 0 bridgehead atoms. The predicted molar refractivity (Wildman–Crippen MR) is 55.7 cm³/mol. The Bertz CT molecular complexity index is 217. The Kier molecular flexibility index (Phi) is 3.06. The van der Waals surface area contributed by atoms with Crippen LogP contribution in [0.3, 0.4) is 0 Å². The Hall–Kier alpha value is -0.570. The number of likely N-dealkylation sites (tertiary alicyclic amines) is 1. The number of fused-ring (bicyclic) bond motifs is 1. The van der Waals surface area contributed by atoms with Gasteiger partial charge in [-0.2, -0.15) is 0 Å². The van der Waals surface area contributed by atoms with Crippen molar-refractivity contribution < 1.29 is 4.79 Å². The molecule has 1 aliphatic carbocycles. The molecule has 1 saturated carbocycles. The first kappa shape index (κ1) is 9.97. The van der Waals surface area contributed by atoms with E-state index in [1.165, 1.54) is 38.6 Å². The van der Waals surface area contributed by atoms with E-state index in [0.717, 1.165) is 18.5 Å². The largest absolute Gasteiger partial charge is 0.370 e. The van der Waals surface area contributed by atoms with E-state index in [1.807, 2.05) is 0 Å². The third kappa shape index (κ3) is 2.08. The summed E-state index contributed by atoms with van der Waals surface area (Å²) in [6, 6.07) is 0.767. The van der Waals surface area contributed by atoms with Crippen molar-refractivity contribution in [2.24, 2.45) is 11.7 Å². The van der Waals surface area contributed by atoms with Gasteiger partial charge in [0.2, 0.25) is 5.91 Å². The molecule has 0 aromatic rings. The summed E-state index contributed by atoms with van der Waals surface area (Å²) in [4.78, 5) is 13.2. The Morgan fingerprint density at radius 2 is 2.07 bits per heavy atom. The fraction of sp³-hybridized carbons (Fsp3) is 0.909. The minimum absolute atomic E-state index is 0.163. The average Bonchev–Trinajstić information content (AvgIpc) is 2.58. The molecule has 3 heteroatoms. The second-order valence-electron chi connectivity index (χ2n) is 4.65. The monoisotopic (exact) mass is 196 g/mol. The van der Waals surface area contributed by atoms with Crippen molar-refractivity contribution in [3.8, 4) is 0 Å². The van der Waals surface area contributed by atoms with Gasteiger partial charge in [-0.1, -0.05) is 12.8 Å². The fourth-order valence-electron chi connectivity index (χ4n) is 3.03. The minimum atomic E-state index is -0.163. The summed E-state index contributed by atoms with van der Waals surface area (Å²) in [5.41, 5.74) is 5.17. The maximum atomic E-state index is 10.7. The third-order valence-corrected chi connectivity index (χ3v) is 3.77. The SMILES string of the molecule is NC(=O)CCN1CC[C@@H]2CCCC[C@@H]21. The van der Waals surface area contributed by atoms with Crippen molar-refractivity contribution in [3.05, 3.63) is 0 Å². The Morgan fingerprint density at radius 1 is 1.29 bits per heavy atom. The quantitative estimate of drug-likeness (QED) is 0.735. The van der Waals surface area contributed by atoms with E-state index in [0.29, 0.717) is 6.42 Å². The molecule has 1 amide bonds. The van der Waals surface area contributed by atoms with E-state index in [9.17, 15) is 4.79 Å². The zero-order valence-corrected chi connectivity index (χ0v) is 8.74. The van der Waals surface area contributed by atoms with Crippen molar-refractivity contribution >= 4 is 5.91 Å². The number of hydrogen-bond donors (Lipinski definition) is 1. The highest BCUT2D eigenvalue weighted by molar-refractivity contribution is 5.73. The molecule has 2 N–H and O–H groups in total. The second kappa shape index (κ2) is 4.30. The summed E-state index contributed by atoms with van der Waals surface area (Å²) in [7, 11) is 0. The van der Waals surface area contributed by atoms with Gasteiger partial charge in [0.1, 0.15) is 0 Å². The van der Waals surface area contributed by atoms with Crippen LogP contribution >= 0.6 is 0 Å². The number of nitrogens with zero attached hydrogens (tertiary/aromatic N) is 1. The topological polar surface area (TPSA) is 46.3 Å². The molecule has 1 heterocycles. The van der Waals surface area contributed by atoms with Crippen molar-refractivity contribution in [1.29, 1.82) is 0 Å². The highest BCUT2D eigenvalue weighted by atomic mass is 16.1. The lowest BCUT2D eigenvalue weighted by Crippen LogP contribution is -2.36. The van der Waals surface area contributed by atoms with E-state index in [1.54, 1.807) is 0 Å². The van der Waals surface area contributed by atoms with Crippen LogP contribution in [0.2, 0.25) is 0 Å². The minimum Gasteiger partial charge on any atom is -0.370 e. The first-order chi connectivity index (χ1) is 6.77. The molecule has 2 rings (SSSR count). The first-order valence-corrected chi connectivity index (χ1v) is 5.80. The van der Waals surface area contributed by atoms with Crippen LogP contribution < -0.4 is 5.73 Å². The van der Waals surface area contributed by atoms with Gasteiger partial charge in [0, 0.05) is 19.0 Å². The van der Waals surface area contributed by atoms with Gasteiger partial charge in [-0.25, -0.2) is 0 Å². The molecule has 2 fully saturated rings. The molecule has 2 aliphatic rings. The van der Waals surface area contributed by atoms with Crippen LogP contribution in [0.15, 0.2) is 0 Å². The molecule has 0 aromatic carbocycles. The molecule has 0 unspecified atom stereocenters. The van der Waals surface area contributed by atoms with E-state index in [4.69, 9.17) is 5.73 Å². The number of amides is 1. The van der Waals surface area contributed by atoms with E-state index in [-0.39, 0.29) is 5.91 Å². The van der Waals surface area contributed by atoms with Crippen LogP contribution in [0.1, 0.15) is 38.5 Å². The van der Waals surface area contributed by atoms with Crippen molar-refractivity contribution in [2.45, 2.75) is 44.6 Å². The number of hydrogen-bond acceptors (Lipinski definition) is 2. The highest BCUT2D eigenvalue weighted by Crippen LogP contribution is 2.35. The smallest absolute Gasteiger partial charge is 0.218 e. The van der Waals surface area contributed by atoms with Crippen LogP contribution in [-0.4, -0.2) is 29.9 Å². The van der Waals surface area contributed by atoms with Crippen molar-refractivity contribution in [1.82, 2.24) is 4.90 Å². The summed E-state index contributed by atoms with van der Waals surface area (Å²) in [6.45, 7) is 2.07. The van der Waals surface area contributed by atoms with Gasteiger partial charge in [0.25, 0.3) is 0 Å². The van der Waals surface area contributed by atoms with Crippen molar-refractivity contribution in [3.63, 3.8) is 0 Å². The molecule has 1 saturated heterocycles. The van der Waals surface area contributed by atoms with Crippen LogP contribution in [0.5, 0.6) is 0 Å². The van der Waals surface area contributed by atoms with Crippen LogP contribution in [-0.2, 0) is 4.79 Å². The molecule has 2 atom stereocenters. The first-order valence-electron chi connectivity index (χ1n) is 5.80. The summed E-state index contributed by atoms with van der Waals surface area (Å²) in [5.74, 6) is 0.751. The van der Waals surface area contributed by atoms with E-state index >= 15 is 0 Å². The second-order valence-corrected chi connectivity index (χ2v) is 4.65. The molecular formula is C11H20N2O. The maximum Gasteiger partial charge on any atom is 0.218 e.